The Morgan fingerprint density at radius 1 is 1.12 bits per heavy atom. The van der Waals surface area contributed by atoms with Crippen LogP contribution in [0.15, 0.2) is 48.8 Å². The smallest absolute Gasteiger partial charge is 0.228 e. The predicted molar refractivity (Wildman–Crippen MR) is 98.8 cm³/mol. The van der Waals surface area contributed by atoms with Crippen molar-refractivity contribution in [3.8, 4) is 0 Å². The molecule has 0 atom stereocenters. The first-order valence-electron chi connectivity index (χ1n) is 8.81. The third-order valence-corrected chi connectivity index (χ3v) is 4.88. The third-order valence-electron chi connectivity index (χ3n) is 4.88. The lowest BCUT2D eigenvalue weighted by molar-refractivity contribution is -0.130. The van der Waals surface area contributed by atoms with Gasteiger partial charge in [-0.25, -0.2) is 9.37 Å². The Hall–Kier alpha value is -2.89. The largest absolute Gasteiger partial charge is 0.368 e. The summed E-state index contributed by atoms with van der Waals surface area (Å²) in [5, 5.41) is 0. The number of rotatable bonds is 3. The van der Waals surface area contributed by atoms with Crippen LogP contribution in [0.2, 0.25) is 0 Å². The Labute approximate surface area is 151 Å². The SMILES string of the molecule is Cc1cccn2cc(CC(=O)N3CCN(c4ccc(F)cc4)CC3)nc12. The summed E-state index contributed by atoms with van der Waals surface area (Å²) in [4.78, 5) is 21.3. The highest BCUT2D eigenvalue weighted by Gasteiger charge is 2.22. The highest BCUT2D eigenvalue weighted by Crippen LogP contribution is 2.17. The Kier molecular flexibility index (Phi) is 4.32. The maximum Gasteiger partial charge on any atom is 0.228 e. The van der Waals surface area contributed by atoms with Crippen molar-refractivity contribution < 1.29 is 9.18 Å². The maximum atomic E-state index is 13.1. The molecule has 3 heterocycles. The van der Waals surface area contributed by atoms with Crippen LogP contribution in [0.4, 0.5) is 10.1 Å². The summed E-state index contributed by atoms with van der Waals surface area (Å²) in [5.41, 5.74) is 3.79. The van der Waals surface area contributed by atoms with E-state index in [1.807, 2.05) is 40.8 Å². The number of fused-ring (bicyclic) bond motifs is 1. The molecule has 1 aliphatic rings. The van der Waals surface area contributed by atoms with Gasteiger partial charge in [-0.2, -0.15) is 0 Å². The third kappa shape index (κ3) is 3.27. The molecule has 1 saturated heterocycles. The van der Waals surface area contributed by atoms with Gasteiger partial charge in [0.05, 0.1) is 12.1 Å². The van der Waals surface area contributed by atoms with Gasteiger partial charge in [0.15, 0.2) is 0 Å². The number of amides is 1. The molecule has 134 valence electrons. The Balaban J connectivity index is 1.38. The average Bonchev–Trinajstić information content (AvgIpc) is 3.06. The molecule has 0 spiro atoms. The van der Waals surface area contributed by atoms with E-state index >= 15 is 0 Å². The molecule has 0 saturated carbocycles. The average molecular weight is 352 g/mol. The van der Waals surface area contributed by atoms with Gasteiger partial charge in [0.2, 0.25) is 5.91 Å². The van der Waals surface area contributed by atoms with E-state index in [0.717, 1.165) is 35.7 Å². The molecule has 0 bridgehead atoms. The first kappa shape index (κ1) is 16.6. The maximum absolute atomic E-state index is 13.1. The Morgan fingerprint density at radius 2 is 1.85 bits per heavy atom. The van der Waals surface area contributed by atoms with E-state index in [0.29, 0.717) is 19.5 Å². The first-order chi connectivity index (χ1) is 12.6. The number of aromatic nitrogens is 2. The van der Waals surface area contributed by atoms with Crippen LogP contribution in [0, 0.1) is 12.7 Å². The van der Waals surface area contributed by atoms with Crippen LogP contribution in [0.1, 0.15) is 11.3 Å². The molecule has 1 fully saturated rings. The summed E-state index contributed by atoms with van der Waals surface area (Å²) in [5.74, 6) is -0.130. The minimum Gasteiger partial charge on any atom is -0.368 e. The van der Waals surface area contributed by atoms with Gasteiger partial charge in [-0.3, -0.25) is 4.79 Å². The fourth-order valence-corrected chi connectivity index (χ4v) is 3.42. The topological polar surface area (TPSA) is 40.9 Å². The van der Waals surface area contributed by atoms with Crippen molar-refractivity contribution in [2.45, 2.75) is 13.3 Å². The number of aryl methyl sites for hydroxylation is 1. The van der Waals surface area contributed by atoms with Crippen molar-refractivity contribution in [1.29, 1.82) is 0 Å². The van der Waals surface area contributed by atoms with Crippen molar-refractivity contribution in [1.82, 2.24) is 14.3 Å². The van der Waals surface area contributed by atoms with E-state index in [9.17, 15) is 9.18 Å². The number of halogens is 1. The molecule has 6 heteroatoms. The normalized spacial score (nSPS) is 14.8. The number of pyridine rings is 1. The minimum absolute atomic E-state index is 0.102. The number of piperazine rings is 1. The molecule has 0 radical (unpaired) electrons. The quantitative estimate of drug-likeness (QED) is 0.728. The van der Waals surface area contributed by atoms with E-state index in [1.54, 1.807) is 12.1 Å². The second-order valence-electron chi connectivity index (χ2n) is 6.68. The second-order valence-corrected chi connectivity index (χ2v) is 6.68. The molecule has 3 aromatic rings. The van der Waals surface area contributed by atoms with E-state index in [-0.39, 0.29) is 11.7 Å². The van der Waals surface area contributed by atoms with Gasteiger partial charge in [0.25, 0.3) is 0 Å². The second kappa shape index (κ2) is 6.78. The zero-order valence-electron chi connectivity index (χ0n) is 14.7. The fraction of sp³-hybridized carbons (Fsp3) is 0.300. The van der Waals surface area contributed by atoms with Crippen LogP contribution < -0.4 is 4.90 Å². The number of carbonyl (C=O) groups excluding carboxylic acids is 1. The lowest BCUT2D eigenvalue weighted by atomic mass is 10.2. The van der Waals surface area contributed by atoms with Gasteiger partial charge >= 0.3 is 0 Å². The van der Waals surface area contributed by atoms with Crippen molar-refractivity contribution >= 4 is 17.2 Å². The summed E-state index contributed by atoms with van der Waals surface area (Å²) in [6.45, 7) is 4.86. The lowest BCUT2D eigenvalue weighted by Crippen LogP contribution is -2.49. The minimum atomic E-state index is -0.231. The summed E-state index contributed by atoms with van der Waals surface area (Å²) in [6, 6.07) is 10.5. The van der Waals surface area contributed by atoms with Crippen molar-refractivity contribution in [3.05, 3.63) is 65.9 Å². The van der Waals surface area contributed by atoms with E-state index in [4.69, 9.17) is 0 Å². The van der Waals surface area contributed by atoms with Crippen LogP contribution in [0.3, 0.4) is 0 Å². The number of hydrogen-bond acceptors (Lipinski definition) is 3. The van der Waals surface area contributed by atoms with Crippen molar-refractivity contribution in [2.75, 3.05) is 31.1 Å². The molecule has 5 nitrogen and oxygen atoms in total. The van der Waals surface area contributed by atoms with Gasteiger partial charge in [-0.05, 0) is 42.8 Å². The molecule has 0 N–H and O–H groups in total. The molecule has 0 unspecified atom stereocenters. The Morgan fingerprint density at radius 3 is 2.54 bits per heavy atom. The molecule has 26 heavy (non-hydrogen) atoms. The van der Waals surface area contributed by atoms with Crippen LogP contribution >= 0.6 is 0 Å². The van der Waals surface area contributed by atoms with Crippen LogP contribution in [0.5, 0.6) is 0 Å². The number of carbonyl (C=O) groups is 1. The molecule has 1 aliphatic heterocycles. The first-order valence-corrected chi connectivity index (χ1v) is 8.81. The summed E-state index contributed by atoms with van der Waals surface area (Å²) >= 11 is 0. The zero-order chi connectivity index (χ0) is 18.1. The number of nitrogens with zero attached hydrogens (tertiary/aromatic N) is 4. The van der Waals surface area contributed by atoms with Crippen molar-refractivity contribution in [3.63, 3.8) is 0 Å². The molecule has 0 aliphatic carbocycles. The van der Waals surface area contributed by atoms with Crippen LogP contribution in [-0.2, 0) is 11.2 Å². The molecule has 2 aromatic heterocycles. The summed E-state index contributed by atoms with van der Waals surface area (Å²) < 4.78 is 15.0. The molecule has 1 amide bonds. The summed E-state index contributed by atoms with van der Waals surface area (Å²) in [7, 11) is 0. The lowest BCUT2D eigenvalue weighted by Gasteiger charge is -2.36. The summed E-state index contributed by atoms with van der Waals surface area (Å²) in [6.07, 6.45) is 4.19. The van der Waals surface area contributed by atoms with Gasteiger partial charge in [-0.1, -0.05) is 6.07 Å². The molecular formula is C20H21FN4O. The van der Waals surface area contributed by atoms with E-state index < -0.39 is 0 Å². The Bertz CT molecular complexity index is 927. The highest BCUT2D eigenvalue weighted by molar-refractivity contribution is 5.79. The van der Waals surface area contributed by atoms with E-state index in [1.165, 1.54) is 12.1 Å². The number of benzene rings is 1. The van der Waals surface area contributed by atoms with Crippen LogP contribution in [0.25, 0.3) is 5.65 Å². The number of imidazole rings is 1. The highest BCUT2D eigenvalue weighted by atomic mass is 19.1. The van der Waals surface area contributed by atoms with Gasteiger partial charge in [0, 0.05) is 44.3 Å². The monoisotopic (exact) mass is 352 g/mol. The van der Waals surface area contributed by atoms with E-state index in [2.05, 4.69) is 9.88 Å². The van der Waals surface area contributed by atoms with Gasteiger partial charge in [0.1, 0.15) is 11.5 Å². The van der Waals surface area contributed by atoms with Gasteiger partial charge in [-0.15, -0.1) is 0 Å². The number of hydrogen-bond donors (Lipinski definition) is 0. The standard InChI is InChI=1S/C20H21FN4O/c1-15-3-2-8-25-14-17(22-20(15)25)13-19(26)24-11-9-23(10-12-24)18-6-4-16(21)5-7-18/h2-8,14H,9-13H2,1H3. The zero-order valence-corrected chi connectivity index (χ0v) is 14.7. The molecule has 1 aromatic carbocycles. The molecular weight excluding hydrogens is 331 g/mol. The van der Waals surface area contributed by atoms with Crippen LogP contribution in [-0.4, -0.2) is 46.4 Å². The van der Waals surface area contributed by atoms with Crippen molar-refractivity contribution in [2.24, 2.45) is 0 Å². The van der Waals surface area contributed by atoms with Gasteiger partial charge < -0.3 is 14.2 Å². The predicted octanol–water partition coefficient (Wildman–Crippen LogP) is 2.67. The molecule has 4 rings (SSSR count). The number of anilines is 1. The fourth-order valence-electron chi connectivity index (χ4n) is 3.42.